The second kappa shape index (κ2) is 7.64. The van der Waals surface area contributed by atoms with Gasteiger partial charge in [0.2, 0.25) is 5.88 Å². The van der Waals surface area contributed by atoms with E-state index in [0.29, 0.717) is 24.5 Å². The van der Waals surface area contributed by atoms with Crippen molar-refractivity contribution in [3.05, 3.63) is 47.2 Å². The molecule has 2 aromatic rings. The first-order valence-corrected chi connectivity index (χ1v) is 8.54. The molecule has 0 atom stereocenters. The minimum absolute atomic E-state index is 0.166. The molecule has 1 aliphatic heterocycles. The zero-order valence-corrected chi connectivity index (χ0v) is 15.5. The van der Waals surface area contributed by atoms with E-state index in [0.717, 1.165) is 11.3 Å². The Morgan fingerprint density at radius 3 is 2.78 bits per heavy atom. The molecule has 1 aromatic carbocycles. The van der Waals surface area contributed by atoms with Gasteiger partial charge in [-0.1, -0.05) is 0 Å². The van der Waals surface area contributed by atoms with Crippen molar-refractivity contribution >= 4 is 11.6 Å². The molecule has 0 bridgehead atoms. The SMILES string of the molecule is COc1ccc(NC(=O)COc2nc3c(cc2C#N)COC(C)(C)C3)cc1. The van der Waals surface area contributed by atoms with Gasteiger partial charge in [0.05, 0.1) is 25.0 Å². The molecule has 7 heteroatoms. The van der Waals surface area contributed by atoms with Gasteiger partial charge in [-0.2, -0.15) is 5.26 Å². The van der Waals surface area contributed by atoms with Crippen molar-refractivity contribution in [2.24, 2.45) is 0 Å². The van der Waals surface area contributed by atoms with E-state index in [1.54, 1.807) is 37.4 Å². The van der Waals surface area contributed by atoms with Gasteiger partial charge in [0.15, 0.2) is 6.61 Å². The van der Waals surface area contributed by atoms with Crippen molar-refractivity contribution in [3.63, 3.8) is 0 Å². The molecule has 3 rings (SSSR count). The summed E-state index contributed by atoms with van der Waals surface area (Å²) in [4.78, 5) is 16.6. The number of benzene rings is 1. The number of amides is 1. The number of hydrogen-bond donors (Lipinski definition) is 1. The van der Waals surface area contributed by atoms with E-state index in [1.807, 2.05) is 13.8 Å². The maximum atomic E-state index is 12.1. The Morgan fingerprint density at radius 2 is 2.11 bits per heavy atom. The minimum Gasteiger partial charge on any atom is -0.497 e. The zero-order valence-electron chi connectivity index (χ0n) is 15.5. The summed E-state index contributed by atoms with van der Waals surface area (Å²) in [6, 6.07) is 10.7. The number of hydrogen-bond acceptors (Lipinski definition) is 6. The Morgan fingerprint density at radius 1 is 1.37 bits per heavy atom. The first-order chi connectivity index (χ1) is 12.9. The van der Waals surface area contributed by atoms with Gasteiger partial charge < -0.3 is 19.5 Å². The molecule has 0 spiro atoms. The largest absolute Gasteiger partial charge is 0.497 e. The van der Waals surface area contributed by atoms with E-state index in [1.165, 1.54) is 0 Å². The van der Waals surface area contributed by atoms with Gasteiger partial charge >= 0.3 is 0 Å². The lowest BCUT2D eigenvalue weighted by Crippen LogP contribution is -2.32. The molecule has 0 saturated carbocycles. The van der Waals surface area contributed by atoms with Crippen molar-refractivity contribution in [1.29, 1.82) is 5.26 Å². The molecule has 0 unspecified atom stereocenters. The molecule has 1 aliphatic rings. The van der Waals surface area contributed by atoms with Crippen LogP contribution in [0.2, 0.25) is 0 Å². The van der Waals surface area contributed by atoms with Gasteiger partial charge in [-0.05, 0) is 44.2 Å². The maximum absolute atomic E-state index is 12.1. The Balaban J connectivity index is 1.67. The fraction of sp³-hybridized carbons (Fsp3) is 0.350. The Labute approximate surface area is 157 Å². The normalized spacial score (nSPS) is 14.6. The van der Waals surface area contributed by atoms with Crippen LogP contribution in [0, 0.1) is 11.3 Å². The number of nitrogens with one attached hydrogen (secondary N) is 1. The standard InChI is InChI=1S/C20H21N3O4/c1-20(2)9-17-14(11-27-20)8-13(10-21)19(23-17)26-12-18(24)22-15-4-6-16(25-3)7-5-15/h4-8H,9,11-12H2,1-3H3,(H,22,24). The molecule has 1 N–H and O–H groups in total. The highest BCUT2D eigenvalue weighted by Gasteiger charge is 2.28. The number of nitrogens with zero attached hydrogens (tertiary/aromatic N) is 2. The maximum Gasteiger partial charge on any atom is 0.262 e. The van der Waals surface area contributed by atoms with Crippen molar-refractivity contribution in [2.45, 2.75) is 32.5 Å². The number of pyridine rings is 1. The van der Waals surface area contributed by atoms with Gasteiger partial charge in [0.1, 0.15) is 17.4 Å². The second-order valence-electron chi connectivity index (χ2n) is 6.85. The van der Waals surface area contributed by atoms with Gasteiger partial charge in [-0.25, -0.2) is 4.98 Å². The van der Waals surface area contributed by atoms with Crippen LogP contribution in [-0.2, 0) is 22.6 Å². The minimum atomic E-state index is -0.341. The number of nitriles is 1. The third kappa shape index (κ3) is 4.54. The van der Waals surface area contributed by atoms with E-state index < -0.39 is 0 Å². The van der Waals surface area contributed by atoms with E-state index in [4.69, 9.17) is 14.2 Å². The predicted octanol–water partition coefficient (Wildman–Crippen LogP) is 2.83. The van der Waals surface area contributed by atoms with Crippen LogP contribution in [0.1, 0.15) is 30.7 Å². The summed E-state index contributed by atoms with van der Waals surface area (Å²) in [5, 5.41) is 12.1. The van der Waals surface area contributed by atoms with Crippen LogP contribution in [-0.4, -0.2) is 30.2 Å². The van der Waals surface area contributed by atoms with E-state index in [-0.39, 0.29) is 29.6 Å². The summed E-state index contributed by atoms with van der Waals surface area (Å²) in [6.07, 6.45) is 0.614. The Kier molecular flexibility index (Phi) is 5.28. The van der Waals surface area contributed by atoms with Gasteiger partial charge in [-0.3, -0.25) is 4.79 Å². The van der Waals surface area contributed by atoms with Crippen LogP contribution in [0.3, 0.4) is 0 Å². The van der Waals surface area contributed by atoms with Crippen molar-refractivity contribution in [1.82, 2.24) is 4.98 Å². The molecular weight excluding hydrogens is 346 g/mol. The molecule has 0 fully saturated rings. The Bertz CT molecular complexity index is 885. The van der Waals surface area contributed by atoms with Crippen molar-refractivity contribution < 1.29 is 19.0 Å². The molecule has 140 valence electrons. The van der Waals surface area contributed by atoms with Crippen molar-refractivity contribution in [3.8, 4) is 17.7 Å². The lowest BCUT2D eigenvalue weighted by molar-refractivity contribution is -0.118. The average Bonchev–Trinajstić information content (AvgIpc) is 2.65. The number of aromatic nitrogens is 1. The first kappa shape index (κ1) is 18.7. The van der Waals surface area contributed by atoms with Crippen LogP contribution in [0.25, 0.3) is 0 Å². The highest BCUT2D eigenvalue weighted by molar-refractivity contribution is 5.91. The van der Waals surface area contributed by atoms with Gasteiger partial charge in [0.25, 0.3) is 5.91 Å². The van der Waals surface area contributed by atoms with Crippen LogP contribution in [0.15, 0.2) is 30.3 Å². The molecule has 1 aromatic heterocycles. The molecule has 2 heterocycles. The third-order valence-corrected chi connectivity index (χ3v) is 4.20. The lowest BCUT2D eigenvalue weighted by atomic mass is 9.95. The number of anilines is 1. The summed E-state index contributed by atoms with van der Waals surface area (Å²) < 4.78 is 16.4. The summed E-state index contributed by atoms with van der Waals surface area (Å²) in [6.45, 7) is 4.13. The monoisotopic (exact) mass is 367 g/mol. The summed E-state index contributed by atoms with van der Waals surface area (Å²) in [5.74, 6) is 0.527. The molecule has 7 nitrogen and oxygen atoms in total. The number of ether oxygens (including phenoxy) is 3. The smallest absolute Gasteiger partial charge is 0.262 e. The molecule has 27 heavy (non-hydrogen) atoms. The zero-order chi connectivity index (χ0) is 19.4. The molecule has 1 amide bonds. The number of fused-ring (bicyclic) bond motifs is 1. The van der Waals surface area contributed by atoms with E-state index >= 15 is 0 Å². The van der Waals surface area contributed by atoms with Crippen LogP contribution < -0.4 is 14.8 Å². The van der Waals surface area contributed by atoms with Crippen LogP contribution in [0.4, 0.5) is 5.69 Å². The lowest BCUT2D eigenvalue weighted by Gasteiger charge is -2.31. The highest BCUT2D eigenvalue weighted by atomic mass is 16.5. The number of carbonyl (C=O) groups is 1. The topological polar surface area (TPSA) is 93.5 Å². The Hall–Kier alpha value is -3.11. The van der Waals surface area contributed by atoms with E-state index in [9.17, 15) is 10.1 Å². The van der Waals surface area contributed by atoms with Crippen LogP contribution >= 0.6 is 0 Å². The number of carbonyl (C=O) groups excluding carboxylic acids is 1. The molecule has 0 aliphatic carbocycles. The average molecular weight is 367 g/mol. The van der Waals surface area contributed by atoms with E-state index in [2.05, 4.69) is 16.4 Å². The second-order valence-corrected chi connectivity index (χ2v) is 6.85. The van der Waals surface area contributed by atoms with Gasteiger partial charge in [0, 0.05) is 17.7 Å². The molecule has 0 radical (unpaired) electrons. The predicted molar refractivity (Wildman–Crippen MR) is 98.6 cm³/mol. The third-order valence-electron chi connectivity index (χ3n) is 4.20. The summed E-state index contributed by atoms with van der Waals surface area (Å²) in [5.41, 5.74) is 2.30. The molecule has 0 saturated heterocycles. The fourth-order valence-electron chi connectivity index (χ4n) is 2.77. The molecular formula is C20H21N3O4. The first-order valence-electron chi connectivity index (χ1n) is 8.54. The van der Waals surface area contributed by atoms with Crippen molar-refractivity contribution in [2.75, 3.05) is 19.0 Å². The highest BCUT2D eigenvalue weighted by Crippen LogP contribution is 2.30. The number of rotatable bonds is 5. The van der Waals surface area contributed by atoms with Gasteiger partial charge in [-0.15, -0.1) is 0 Å². The quantitative estimate of drug-likeness (QED) is 0.873. The summed E-state index contributed by atoms with van der Waals surface area (Å²) in [7, 11) is 1.58. The van der Waals surface area contributed by atoms with Crippen LogP contribution in [0.5, 0.6) is 11.6 Å². The fourth-order valence-corrected chi connectivity index (χ4v) is 2.77. The summed E-state index contributed by atoms with van der Waals surface area (Å²) >= 11 is 0. The number of methoxy groups -OCH3 is 1.